The van der Waals surface area contributed by atoms with Crippen LogP contribution in [0.4, 0.5) is 26.5 Å². The van der Waals surface area contributed by atoms with E-state index in [1.54, 1.807) is 28.9 Å². The summed E-state index contributed by atoms with van der Waals surface area (Å²) < 4.78 is 27.1. The minimum absolute atomic E-state index is 0.00629. The number of hydrogen-bond donors (Lipinski definition) is 2. The molecule has 1 aliphatic heterocycles. The molecule has 39 heavy (non-hydrogen) atoms. The first-order chi connectivity index (χ1) is 18.9. The number of nitrogen functional groups attached to an aromatic ring is 2. The fraction of sp³-hybridized carbons (Fsp3) is 0.148. The second-order valence-corrected chi connectivity index (χ2v) is 8.86. The first-order valence-electron chi connectivity index (χ1n) is 12.1. The van der Waals surface area contributed by atoms with Crippen LogP contribution in [0, 0.1) is 12.7 Å². The third-order valence-corrected chi connectivity index (χ3v) is 6.34. The maximum Gasteiger partial charge on any atom is 0.414 e. The zero-order valence-electron chi connectivity index (χ0n) is 20.8. The molecule has 2 aromatic carbocycles. The van der Waals surface area contributed by atoms with E-state index < -0.39 is 11.9 Å². The number of nitrogens with two attached hydrogens (primary N) is 2. The highest BCUT2D eigenvalue weighted by atomic mass is 19.1. The van der Waals surface area contributed by atoms with Crippen LogP contribution in [0.3, 0.4) is 0 Å². The molecule has 4 N–H and O–H groups in total. The zero-order valence-corrected chi connectivity index (χ0v) is 20.8. The number of fused-ring (bicyclic) bond motifs is 1. The normalized spacial score (nSPS) is 13.2. The second kappa shape index (κ2) is 9.56. The summed E-state index contributed by atoms with van der Waals surface area (Å²) >= 11 is 0. The number of aryl methyl sites for hydroxylation is 1. The van der Waals surface area contributed by atoms with Gasteiger partial charge < -0.3 is 20.9 Å². The number of carbonyl (C=O) groups is 1. The van der Waals surface area contributed by atoms with Gasteiger partial charge in [0.25, 0.3) is 0 Å². The van der Waals surface area contributed by atoms with E-state index in [9.17, 15) is 9.18 Å². The van der Waals surface area contributed by atoms with E-state index in [1.165, 1.54) is 11.0 Å². The lowest BCUT2D eigenvalue weighted by Gasteiger charge is -2.18. The number of anilines is 3. The Morgan fingerprint density at radius 3 is 2.44 bits per heavy atom. The molecule has 0 spiro atoms. The number of rotatable bonds is 6. The van der Waals surface area contributed by atoms with Crippen molar-refractivity contribution in [2.45, 2.75) is 13.5 Å². The van der Waals surface area contributed by atoms with Crippen LogP contribution in [0.2, 0.25) is 0 Å². The number of carbonyl (C=O) groups excluding carboxylic acids is 1. The molecule has 3 aromatic heterocycles. The molecule has 0 unspecified atom stereocenters. The molecule has 0 aliphatic carbocycles. The van der Waals surface area contributed by atoms with Gasteiger partial charge in [0.2, 0.25) is 5.88 Å². The number of aromatic nitrogens is 5. The Morgan fingerprint density at radius 2 is 1.74 bits per heavy atom. The average molecular weight is 527 g/mol. The Labute approximate surface area is 221 Å². The molecule has 1 aliphatic rings. The fourth-order valence-electron chi connectivity index (χ4n) is 4.43. The van der Waals surface area contributed by atoms with Crippen molar-refractivity contribution in [3.05, 3.63) is 77.7 Å². The fourth-order valence-corrected chi connectivity index (χ4v) is 4.43. The molecule has 5 aromatic rings. The third-order valence-electron chi connectivity index (χ3n) is 6.34. The van der Waals surface area contributed by atoms with E-state index in [4.69, 9.17) is 25.9 Å². The molecular formula is C27H23FN8O3. The van der Waals surface area contributed by atoms with Crippen molar-refractivity contribution >= 4 is 34.4 Å². The van der Waals surface area contributed by atoms with Crippen LogP contribution in [-0.4, -0.2) is 44.0 Å². The summed E-state index contributed by atoms with van der Waals surface area (Å²) in [5.41, 5.74) is 15.5. The molecule has 1 amide bonds. The molecular weight excluding hydrogens is 503 g/mol. The lowest BCUT2D eigenvalue weighted by molar-refractivity contribution is 0.181. The summed E-state index contributed by atoms with van der Waals surface area (Å²) in [6.07, 6.45) is -0.578. The van der Waals surface area contributed by atoms with Gasteiger partial charge in [-0.05, 0) is 31.2 Å². The molecule has 0 saturated carbocycles. The predicted octanol–water partition coefficient (Wildman–Crippen LogP) is 4.03. The van der Waals surface area contributed by atoms with Crippen molar-refractivity contribution in [2.24, 2.45) is 0 Å². The summed E-state index contributed by atoms with van der Waals surface area (Å²) in [7, 11) is 0. The van der Waals surface area contributed by atoms with Gasteiger partial charge in [-0.3, -0.25) is 4.90 Å². The van der Waals surface area contributed by atoms with E-state index in [-0.39, 0.29) is 48.8 Å². The minimum atomic E-state index is -0.578. The van der Waals surface area contributed by atoms with Gasteiger partial charge in [-0.25, -0.2) is 23.8 Å². The van der Waals surface area contributed by atoms with E-state index in [0.29, 0.717) is 22.5 Å². The first-order valence-corrected chi connectivity index (χ1v) is 12.1. The summed E-state index contributed by atoms with van der Waals surface area (Å²) in [4.78, 5) is 27.0. The minimum Gasteiger partial charge on any atom is -0.472 e. The summed E-state index contributed by atoms with van der Waals surface area (Å²) in [5.74, 6) is -0.153. The highest BCUT2D eigenvalue weighted by Gasteiger charge is 2.30. The van der Waals surface area contributed by atoms with Crippen LogP contribution < -0.4 is 21.1 Å². The summed E-state index contributed by atoms with van der Waals surface area (Å²) in [6.45, 7) is 2.25. The SMILES string of the molecule is Cc1nn(-c2ccccc2)c2nc(OCc3ccccc3F)c(-c3nc(N)c(N4CCOC4=O)c(N)n3)cc12. The van der Waals surface area contributed by atoms with E-state index >= 15 is 0 Å². The monoisotopic (exact) mass is 526 g/mol. The van der Waals surface area contributed by atoms with Crippen LogP contribution in [-0.2, 0) is 11.3 Å². The van der Waals surface area contributed by atoms with Gasteiger partial charge in [0, 0.05) is 10.9 Å². The number of nitrogens with zero attached hydrogens (tertiary/aromatic N) is 6. The standard InChI is InChI=1S/C27H23FN8O3/c1-15-18-13-19(24-31-22(29)21(23(30)32-24)35-11-12-38-27(35)37)26(39-14-16-7-5-6-10-20(16)28)33-25(18)36(34-15)17-8-3-2-4-9-17/h2-10,13H,11-12,14H2,1H3,(H4,29,30,31,32). The van der Waals surface area contributed by atoms with Crippen LogP contribution in [0.1, 0.15) is 11.3 Å². The van der Waals surface area contributed by atoms with Crippen LogP contribution >= 0.6 is 0 Å². The topological polar surface area (TPSA) is 147 Å². The molecule has 1 saturated heterocycles. The van der Waals surface area contributed by atoms with Gasteiger partial charge >= 0.3 is 6.09 Å². The quantitative estimate of drug-likeness (QED) is 0.335. The molecule has 6 rings (SSSR count). The number of halogens is 1. The molecule has 0 atom stereocenters. The predicted molar refractivity (Wildman–Crippen MR) is 143 cm³/mol. The Balaban J connectivity index is 1.50. The van der Waals surface area contributed by atoms with Crippen LogP contribution in [0.5, 0.6) is 5.88 Å². The second-order valence-electron chi connectivity index (χ2n) is 8.86. The van der Waals surface area contributed by atoms with Crippen molar-refractivity contribution in [3.8, 4) is 23.0 Å². The lowest BCUT2D eigenvalue weighted by Crippen LogP contribution is -2.26. The highest BCUT2D eigenvalue weighted by Crippen LogP contribution is 2.37. The van der Waals surface area contributed by atoms with E-state index in [2.05, 4.69) is 15.1 Å². The van der Waals surface area contributed by atoms with Gasteiger partial charge in [-0.2, -0.15) is 10.1 Å². The van der Waals surface area contributed by atoms with Gasteiger partial charge in [0.1, 0.15) is 24.7 Å². The van der Waals surface area contributed by atoms with Gasteiger partial charge in [0.15, 0.2) is 23.1 Å². The summed E-state index contributed by atoms with van der Waals surface area (Å²) in [5, 5.41) is 5.39. The van der Waals surface area contributed by atoms with Gasteiger partial charge in [-0.15, -0.1) is 0 Å². The number of cyclic esters (lactones) is 1. The number of ether oxygens (including phenoxy) is 2. The van der Waals surface area contributed by atoms with E-state index in [1.807, 2.05) is 37.3 Å². The van der Waals surface area contributed by atoms with Crippen LogP contribution in [0.25, 0.3) is 28.1 Å². The average Bonchev–Trinajstić information content (AvgIpc) is 3.50. The van der Waals surface area contributed by atoms with Crippen molar-refractivity contribution < 1.29 is 18.7 Å². The zero-order chi connectivity index (χ0) is 27.1. The molecule has 0 radical (unpaired) electrons. The van der Waals surface area contributed by atoms with Gasteiger partial charge in [0.05, 0.1) is 23.5 Å². The number of benzene rings is 2. The largest absolute Gasteiger partial charge is 0.472 e. The number of hydrogen-bond acceptors (Lipinski definition) is 9. The number of pyridine rings is 1. The first kappa shape index (κ1) is 24.1. The Morgan fingerprint density at radius 1 is 1.03 bits per heavy atom. The Kier molecular flexibility index (Phi) is 5.91. The van der Waals surface area contributed by atoms with Crippen LogP contribution in [0.15, 0.2) is 60.7 Å². The molecule has 1 fully saturated rings. The number of para-hydroxylation sites is 1. The molecule has 11 nitrogen and oxygen atoms in total. The summed E-state index contributed by atoms with van der Waals surface area (Å²) in [6, 6.07) is 17.6. The molecule has 0 bridgehead atoms. The van der Waals surface area contributed by atoms with Gasteiger partial charge in [-0.1, -0.05) is 36.4 Å². The van der Waals surface area contributed by atoms with Crippen molar-refractivity contribution in [1.29, 1.82) is 0 Å². The Hall–Kier alpha value is -5.26. The smallest absolute Gasteiger partial charge is 0.414 e. The highest BCUT2D eigenvalue weighted by molar-refractivity contribution is 5.96. The van der Waals surface area contributed by atoms with Crippen molar-refractivity contribution in [3.63, 3.8) is 0 Å². The molecule has 196 valence electrons. The van der Waals surface area contributed by atoms with E-state index in [0.717, 1.165) is 11.1 Å². The van der Waals surface area contributed by atoms with Crippen molar-refractivity contribution in [1.82, 2.24) is 24.7 Å². The number of amides is 1. The molecule has 12 heteroatoms. The Bertz CT molecular complexity index is 1700. The maximum atomic E-state index is 14.4. The third kappa shape index (κ3) is 4.31. The molecule has 4 heterocycles. The van der Waals surface area contributed by atoms with Crippen molar-refractivity contribution in [2.75, 3.05) is 29.5 Å². The maximum absolute atomic E-state index is 14.4. The lowest BCUT2D eigenvalue weighted by atomic mass is 10.1.